The van der Waals surface area contributed by atoms with E-state index in [0.29, 0.717) is 24.1 Å². The molecule has 0 aromatic heterocycles. The van der Waals surface area contributed by atoms with E-state index < -0.39 is 6.04 Å². The Morgan fingerprint density at radius 1 is 1.19 bits per heavy atom. The zero-order valence-electron chi connectivity index (χ0n) is 14.6. The summed E-state index contributed by atoms with van der Waals surface area (Å²) < 4.78 is 0. The highest BCUT2D eigenvalue weighted by molar-refractivity contribution is 6.05. The molecule has 3 fully saturated rings. The average Bonchev–Trinajstić information content (AvgIpc) is 2.87. The second-order valence-corrected chi connectivity index (χ2v) is 7.89. The van der Waals surface area contributed by atoms with Crippen molar-refractivity contribution < 1.29 is 14.4 Å². The minimum Gasteiger partial charge on any atom is -0.322 e. The van der Waals surface area contributed by atoms with E-state index in [9.17, 15) is 14.4 Å². The lowest BCUT2D eigenvalue weighted by Crippen LogP contribution is -2.75. The van der Waals surface area contributed by atoms with Crippen molar-refractivity contribution in [1.29, 1.82) is 0 Å². The second-order valence-electron chi connectivity index (χ2n) is 7.89. The standard InChI is InChI=1S/C19H22N4O3/c24-16-4-3-15(17(25)21-16)23-9-13-2-1-12(7-14(13)18(23)26)8-22-6-5-19(22)10-20-11-19/h1-2,7,15,20H,3-6,8-11H2,(H,21,24,25). The summed E-state index contributed by atoms with van der Waals surface area (Å²) in [4.78, 5) is 40.4. The van der Waals surface area contributed by atoms with Gasteiger partial charge in [-0.2, -0.15) is 0 Å². The number of benzene rings is 1. The summed E-state index contributed by atoms with van der Waals surface area (Å²) in [5.41, 5.74) is 3.15. The molecule has 7 nitrogen and oxygen atoms in total. The van der Waals surface area contributed by atoms with Gasteiger partial charge in [0.2, 0.25) is 11.8 Å². The quantitative estimate of drug-likeness (QED) is 0.747. The van der Waals surface area contributed by atoms with Crippen molar-refractivity contribution in [3.05, 3.63) is 34.9 Å². The van der Waals surface area contributed by atoms with E-state index in [1.54, 1.807) is 4.90 Å². The number of nitrogens with zero attached hydrogens (tertiary/aromatic N) is 2. The molecule has 0 saturated carbocycles. The van der Waals surface area contributed by atoms with Crippen LogP contribution >= 0.6 is 0 Å². The molecule has 5 rings (SSSR count). The first kappa shape index (κ1) is 16.0. The van der Waals surface area contributed by atoms with Gasteiger partial charge in [0.25, 0.3) is 5.91 Å². The Kier molecular flexibility index (Phi) is 3.45. The molecule has 1 aromatic rings. The van der Waals surface area contributed by atoms with E-state index in [1.165, 1.54) is 6.42 Å². The van der Waals surface area contributed by atoms with Gasteiger partial charge in [0.05, 0.1) is 0 Å². The molecular formula is C19H22N4O3. The Morgan fingerprint density at radius 2 is 2.04 bits per heavy atom. The number of carbonyl (C=O) groups is 3. The van der Waals surface area contributed by atoms with Gasteiger partial charge in [0.15, 0.2) is 0 Å². The van der Waals surface area contributed by atoms with Crippen LogP contribution in [0, 0.1) is 0 Å². The van der Waals surface area contributed by atoms with Gasteiger partial charge in [-0.25, -0.2) is 0 Å². The van der Waals surface area contributed by atoms with E-state index in [4.69, 9.17) is 0 Å². The maximum absolute atomic E-state index is 12.9. The Bertz CT molecular complexity index is 811. The number of hydrogen-bond donors (Lipinski definition) is 2. The number of imide groups is 1. The van der Waals surface area contributed by atoms with Gasteiger partial charge in [-0.15, -0.1) is 0 Å². The first-order valence-corrected chi connectivity index (χ1v) is 9.28. The average molecular weight is 354 g/mol. The highest BCUT2D eigenvalue weighted by Crippen LogP contribution is 2.36. The number of rotatable bonds is 3. The van der Waals surface area contributed by atoms with Crippen LogP contribution in [0.3, 0.4) is 0 Å². The SMILES string of the molecule is O=C1CCC(N2Cc3ccc(CN4CCC45CNC5)cc3C2=O)C(=O)N1. The maximum Gasteiger partial charge on any atom is 0.255 e. The van der Waals surface area contributed by atoms with E-state index in [1.807, 2.05) is 12.1 Å². The molecule has 4 heterocycles. The van der Waals surface area contributed by atoms with Crippen LogP contribution in [0.4, 0.5) is 0 Å². The van der Waals surface area contributed by atoms with Crippen LogP contribution < -0.4 is 10.6 Å². The first-order valence-electron chi connectivity index (χ1n) is 9.28. The van der Waals surface area contributed by atoms with Crippen molar-refractivity contribution in [1.82, 2.24) is 20.4 Å². The van der Waals surface area contributed by atoms with Crippen molar-refractivity contribution in [2.24, 2.45) is 0 Å². The monoisotopic (exact) mass is 354 g/mol. The lowest BCUT2D eigenvalue weighted by molar-refractivity contribution is -0.136. The van der Waals surface area contributed by atoms with Gasteiger partial charge in [0.1, 0.15) is 6.04 Å². The van der Waals surface area contributed by atoms with Gasteiger partial charge in [0, 0.05) is 50.2 Å². The fraction of sp³-hybridized carbons (Fsp3) is 0.526. The predicted octanol–water partition coefficient (Wildman–Crippen LogP) is -0.00470. The molecule has 1 atom stereocenters. The highest BCUT2D eigenvalue weighted by Gasteiger charge is 2.49. The fourth-order valence-corrected chi connectivity index (χ4v) is 4.57. The molecule has 0 radical (unpaired) electrons. The van der Waals surface area contributed by atoms with Crippen LogP contribution in [0.2, 0.25) is 0 Å². The van der Waals surface area contributed by atoms with Crippen LogP contribution in [0.1, 0.15) is 40.7 Å². The minimum atomic E-state index is -0.546. The Hall–Kier alpha value is -2.25. The number of piperidine rings is 1. The van der Waals surface area contributed by atoms with Gasteiger partial charge in [-0.05, 0) is 30.0 Å². The molecule has 26 heavy (non-hydrogen) atoms. The Morgan fingerprint density at radius 3 is 2.69 bits per heavy atom. The normalized spacial score (nSPS) is 27.2. The minimum absolute atomic E-state index is 0.0972. The van der Waals surface area contributed by atoms with Crippen LogP contribution in [-0.2, 0) is 22.7 Å². The molecule has 1 spiro atoms. The molecular weight excluding hydrogens is 332 g/mol. The number of amides is 3. The first-order chi connectivity index (χ1) is 12.6. The fourth-order valence-electron chi connectivity index (χ4n) is 4.57. The molecule has 0 bridgehead atoms. The van der Waals surface area contributed by atoms with Crippen molar-refractivity contribution in [2.75, 3.05) is 19.6 Å². The molecule has 1 unspecified atom stereocenters. The zero-order chi connectivity index (χ0) is 17.9. The van der Waals surface area contributed by atoms with Crippen molar-refractivity contribution in [3.63, 3.8) is 0 Å². The summed E-state index contributed by atoms with van der Waals surface area (Å²) in [5, 5.41) is 5.70. The third-order valence-corrected chi connectivity index (χ3v) is 6.39. The number of nitrogens with one attached hydrogen (secondary N) is 2. The molecule has 1 aromatic carbocycles. The summed E-state index contributed by atoms with van der Waals surface area (Å²) in [6, 6.07) is 5.55. The van der Waals surface area contributed by atoms with Gasteiger partial charge in [-0.3, -0.25) is 24.6 Å². The number of carbonyl (C=O) groups excluding carboxylic acids is 3. The topological polar surface area (TPSA) is 81.8 Å². The molecule has 7 heteroatoms. The summed E-state index contributed by atoms with van der Waals surface area (Å²) in [7, 11) is 0. The highest BCUT2D eigenvalue weighted by atomic mass is 16.2. The third-order valence-electron chi connectivity index (χ3n) is 6.39. The van der Waals surface area contributed by atoms with Crippen LogP contribution in [-0.4, -0.2) is 58.7 Å². The van der Waals surface area contributed by atoms with Gasteiger partial charge in [-0.1, -0.05) is 12.1 Å². The predicted molar refractivity (Wildman–Crippen MR) is 93.1 cm³/mol. The lowest BCUT2D eigenvalue weighted by atomic mass is 9.79. The molecule has 3 amide bonds. The van der Waals surface area contributed by atoms with Crippen LogP contribution in [0.5, 0.6) is 0 Å². The van der Waals surface area contributed by atoms with E-state index >= 15 is 0 Å². The van der Waals surface area contributed by atoms with Gasteiger partial charge < -0.3 is 10.2 Å². The molecule has 2 N–H and O–H groups in total. The Labute approximate surface area is 151 Å². The molecule has 4 aliphatic rings. The van der Waals surface area contributed by atoms with Crippen molar-refractivity contribution in [3.8, 4) is 0 Å². The van der Waals surface area contributed by atoms with Crippen LogP contribution in [0.15, 0.2) is 18.2 Å². The zero-order valence-corrected chi connectivity index (χ0v) is 14.6. The lowest BCUT2D eigenvalue weighted by Gasteiger charge is -2.59. The molecule has 3 saturated heterocycles. The second kappa shape index (κ2) is 5.62. The molecule has 4 aliphatic heterocycles. The summed E-state index contributed by atoms with van der Waals surface area (Å²) in [6.07, 6.45) is 1.93. The number of likely N-dealkylation sites (tertiary alicyclic amines) is 1. The molecule has 136 valence electrons. The number of hydrogen-bond acceptors (Lipinski definition) is 5. The van der Waals surface area contributed by atoms with E-state index in [2.05, 4.69) is 21.6 Å². The number of fused-ring (bicyclic) bond motifs is 1. The maximum atomic E-state index is 12.9. The van der Waals surface area contributed by atoms with Crippen LogP contribution in [0.25, 0.3) is 0 Å². The largest absolute Gasteiger partial charge is 0.322 e. The summed E-state index contributed by atoms with van der Waals surface area (Å²) >= 11 is 0. The van der Waals surface area contributed by atoms with Crippen molar-refractivity contribution in [2.45, 2.75) is 43.9 Å². The molecule has 0 aliphatic carbocycles. The van der Waals surface area contributed by atoms with Crippen molar-refractivity contribution >= 4 is 17.7 Å². The smallest absolute Gasteiger partial charge is 0.255 e. The summed E-state index contributed by atoms with van der Waals surface area (Å²) in [6.45, 7) is 4.52. The van der Waals surface area contributed by atoms with E-state index in [0.717, 1.165) is 37.3 Å². The Balaban J connectivity index is 1.33. The third kappa shape index (κ3) is 2.30. The van der Waals surface area contributed by atoms with Gasteiger partial charge >= 0.3 is 0 Å². The summed E-state index contributed by atoms with van der Waals surface area (Å²) in [5.74, 6) is -0.714. The van der Waals surface area contributed by atoms with E-state index in [-0.39, 0.29) is 24.1 Å².